The van der Waals surface area contributed by atoms with Crippen LogP contribution in [0.15, 0.2) is 63.8 Å². The van der Waals surface area contributed by atoms with Gasteiger partial charge in [-0.1, -0.05) is 42.5 Å². The molecule has 0 saturated carbocycles. The number of anilines is 1. The average Bonchev–Trinajstić information content (AvgIpc) is 3.14. The van der Waals surface area contributed by atoms with E-state index in [1.807, 2.05) is 30.3 Å². The lowest BCUT2D eigenvalue weighted by Crippen LogP contribution is -2.21. The van der Waals surface area contributed by atoms with Crippen LogP contribution >= 0.6 is 0 Å². The number of hydrogen-bond acceptors (Lipinski definition) is 6. The van der Waals surface area contributed by atoms with Crippen LogP contribution in [0, 0.1) is 0 Å². The van der Waals surface area contributed by atoms with E-state index >= 15 is 0 Å². The minimum absolute atomic E-state index is 0.0843. The van der Waals surface area contributed by atoms with Crippen LogP contribution in [0.25, 0.3) is 11.0 Å². The molecular weight excluding hydrogens is 360 g/mol. The molecule has 4 aromatic rings. The van der Waals surface area contributed by atoms with Crippen molar-refractivity contribution in [1.82, 2.24) is 15.2 Å². The topological polar surface area (TPSA) is 110 Å². The Labute approximate surface area is 159 Å². The highest BCUT2D eigenvalue weighted by Gasteiger charge is 2.17. The van der Waals surface area contributed by atoms with E-state index in [9.17, 15) is 9.59 Å². The molecule has 140 valence electrons. The summed E-state index contributed by atoms with van der Waals surface area (Å²) < 4.78 is 10.4. The van der Waals surface area contributed by atoms with E-state index in [1.54, 1.807) is 18.2 Å². The number of aromatic amines is 1. The summed E-state index contributed by atoms with van der Waals surface area (Å²) in [6.07, 6.45) is 0.543. The first-order valence-electron chi connectivity index (χ1n) is 8.51. The highest BCUT2D eigenvalue weighted by molar-refractivity contribution is 6.04. The van der Waals surface area contributed by atoms with Gasteiger partial charge >= 0.3 is 5.63 Å². The Kier molecular flexibility index (Phi) is 4.59. The number of nitrogens with one attached hydrogen (secondary N) is 2. The molecule has 1 amide bonds. The fraction of sp³-hybridized carbons (Fsp3) is 0.100. The summed E-state index contributed by atoms with van der Waals surface area (Å²) in [5, 5.41) is 9.84. The number of nitrogens with zero attached hydrogens (tertiary/aromatic N) is 2. The van der Waals surface area contributed by atoms with Gasteiger partial charge in [0.25, 0.3) is 5.91 Å². The van der Waals surface area contributed by atoms with Crippen molar-refractivity contribution in [3.8, 4) is 5.75 Å². The second kappa shape index (κ2) is 7.36. The van der Waals surface area contributed by atoms with Gasteiger partial charge in [-0.2, -0.15) is 4.98 Å². The molecule has 8 nitrogen and oxygen atoms in total. The van der Waals surface area contributed by atoms with Gasteiger partial charge in [0.2, 0.25) is 5.95 Å². The van der Waals surface area contributed by atoms with Crippen LogP contribution in [-0.2, 0) is 6.42 Å². The third-order valence-corrected chi connectivity index (χ3v) is 4.16. The molecule has 0 fully saturated rings. The zero-order valence-electron chi connectivity index (χ0n) is 14.9. The molecule has 0 aliphatic carbocycles. The van der Waals surface area contributed by atoms with Gasteiger partial charge in [0.05, 0.1) is 7.11 Å². The van der Waals surface area contributed by atoms with Gasteiger partial charge in [-0.05, 0) is 17.7 Å². The summed E-state index contributed by atoms with van der Waals surface area (Å²) in [5.41, 5.74) is 0.431. The van der Waals surface area contributed by atoms with Crippen LogP contribution < -0.4 is 15.7 Å². The zero-order valence-corrected chi connectivity index (χ0v) is 14.9. The zero-order chi connectivity index (χ0) is 19.5. The number of methoxy groups -OCH3 is 1. The summed E-state index contributed by atoms with van der Waals surface area (Å²) in [4.78, 5) is 29.0. The number of carbonyl (C=O) groups excluding carboxylic acids is 1. The first kappa shape index (κ1) is 17.5. The van der Waals surface area contributed by atoms with Crippen molar-refractivity contribution >= 4 is 22.8 Å². The molecule has 4 rings (SSSR count). The fourth-order valence-corrected chi connectivity index (χ4v) is 2.83. The van der Waals surface area contributed by atoms with E-state index in [-0.39, 0.29) is 17.1 Å². The number of hydrogen-bond donors (Lipinski definition) is 2. The Hall–Kier alpha value is -3.94. The van der Waals surface area contributed by atoms with E-state index in [0.29, 0.717) is 23.4 Å². The highest BCUT2D eigenvalue weighted by Crippen LogP contribution is 2.24. The van der Waals surface area contributed by atoms with Crippen LogP contribution in [0.1, 0.15) is 21.7 Å². The quantitative estimate of drug-likeness (QED) is 0.518. The molecule has 0 saturated heterocycles. The number of para-hydroxylation sites is 1. The van der Waals surface area contributed by atoms with Crippen molar-refractivity contribution in [2.75, 3.05) is 12.4 Å². The normalized spacial score (nSPS) is 10.8. The van der Waals surface area contributed by atoms with Crippen molar-refractivity contribution in [3.63, 3.8) is 0 Å². The number of rotatable bonds is 5. The van der Waals surface area contributed by atoms with E-state index in [2.05, 4.69) is 20.5 Å². The minimum Gasteiger partial charge on any atom is -0.493 e. The molecule has 0 radical (unpaired) electrons. The summed E-state index contributed by atoms with van der Waals surface area (Å²) in [6, 6.07) is 16.3. The van der Waals surface area contributed by atoms with Gasteiger partial charge in [-0.15, -0.1) is 5.10 Å². The number of fused-ring (bicyclic) bond motifs is 1. The molecule has 8 heteroatoms. The van der Waals surface area contributed by atoms with Crippen molar-refractivity contribution in [2.45, 2.75) is 6.42 Å². The Morgan fingerprint density at radius 3 is 2.79 bits per heavy atom. The molecule has 2 aromatic carbocycles. The predicted molar refractivity (Wildman–Crippen MR) is 103 cm³/mol. The van der Waals surface area contributed by atoms with Gasteiger partial charge in [0, 0.05) is 11.8 Å². The largest absolute Gasteiger partial charge is 0.493 e. The lowest BCUT2D eigenvalue weighted by molar-refractivity contribution is 0.102. The molecule has 2 heterocycles. The van der Waals surface area contributed by atoms with Gasteiger partial charge < -0.3 is 9.15 Å². The molecular formula is C20H16N4O4. The molecule has 0 bridgehead atoms. The number of aromatic nitrogens is 3. The number of amides is 1. The molecule has 0 atom stereocenters. The lowest BCUT2D eigenvalue weighted by atomic mass is 10.1. The lowest BCUT2D eigenvalue weighted by Gasteiger charge is -2.05. The van der Waals surface area contributed by atoms with Gasteiger partial charge in [-0.3, -0.25) is 15.2 Å². The number of benzene rings is 2. The minimum atomic E-state index is -0.769. The third-order valence-electron chi connectivity index (χ3n) is 4.16. The van der Waals surface area contributed by atoms with Crippen LogP contribution in [-0.4, -0.2) is 28.2 Å². The van der Waals surface area contributed by atoms with Gasteiger partial charge in [0.15, 0.2) is 11.3 Å². The van der Waals surface area contributed by atoms with Gasteiger partial charge in [0.1, 0.15) is 11.4 Å². The van der Waals surface area contributed by atoms with E-state index in [1.165, 1.54) is 13.2 Å². The Bertz CT molecular complexity index is 1200. The van der Waals surface area contributed by atoms with E-state index in [4.69, 9.17) is 9.15 Å². The van der Waals surface area contributed by atoms with E-state index < -0.39 is 11.5 Å². The number of ether oxygens (including phenoxy) is 1. The summed E-state index contributed by atoms with van der Waals surface area (Å²) >= 11 is 0. The second-order valence-electron chi connectivity index (χ2n) is 6.05. The Balaban J connectivity index is 1.56. The van der Waals surface area contributed by atoms with Crippen molar-refractivity contribution < 1.29 is 13.9 Å². The van der Waals surface area contributed by atoms with Gasteiger partial charge in [-0.25, -0.2) is 4.79 Å². The fourth-order valence-electron chi connectivity index (χ4n) is 2.83. The SMILES string of the molecule is COc1cccc2cc(C(=O)Nc3n[nH]c(Cc4ccccc4)n3)c(=O)oc12. The molecule has 0 aliphatic rings. The van der Waals surface area contributed by atoms with E-state index in [0.717, 1.165) is 5.56 Å². The molecule has 0 aliphatic heterocycles. The maximum absolute atomic E-state index is 12.5. The molecule has 2 N–H and O–H groups in total. The second-order valence-corrected chi connectivity index (χ2v) is 6.05. The molecule has 0 spiro atoms. The highest BCUT2D eigenvalue weighted by atomic mass is 16.5. The maximum Gasteiger partial charge on any atom is 0.349 e. The monoisotopic (exact) mass is 376 g/mol. The first-order valence-corrected chi connectivity index (χ1v) is 8.51. The molecule has 0 unspecified atom stereocenters. The third kappa shape index (κ3) is 3.48. The summed E-state index contributed by atoms with van der Waals surface area (Å²) in [5.74, 6) is 0.447. The van der Waals surface area contributed by atoms with Crippen molar-refractivity contribution in [3.05, 3.63) is 82.0 Å². The predicted octanol–water partition coefficient (Wildman–Crippen LogP) is 2.76. The van der Waals surface area contributed by atoms with Crippen LogP contribution in [0.5, 0.6) is 5.75 Å². The van der Waals surface area contributed by atoms with Crippen molar-refractivity contribution in [1.29, 1.82) is 0 Å². The van der Waals surface area contributed by atoms with Crippen LogP contribution in [0.3, 0.4) is 0 Å². The van der Waals surface area contributed by atoms with Crippen LogP contribution in [0.2, 0.25) is 0 Å². The smallest absolute Gasteiger partial charge is 0.349 e. The molecule has 28 heavy (non-hydrogen) atoms. The molecule has 2 aromatic heterocycles. The first-order chi connectivity index (χ1) is 13.6. The summed E-state index contributed by atoms with van der Waals surface area (Å²) in [7, 11) is 1.48. The van der Waals surface area contributed by atoms with Crippen molar-refractivity contribution in [2.24, 2.45) is 0 Å². The number of H-pyrrole nitrogens is 1. The maximum atomic E-state index is 12.5. The Morgan fingerprint density at radius 1 is 1.18 bits per heavy atom. The average molecular weight is 376 g/mol. The summed E-state index contributed by atoms with van der Waals surface area (Å²) in [6.45, 7) is 0. The standard InChI is InChI=1S/C20H16N4O4/c1-27-15-9-5-8-13-11-14(19(26)28-17(13)15)18(25)22-20-21-16(23-24-20)10-12-6-3-2-4-7-12/h2-9,11H,10H2,1H3,(H2,21,22,23,24,25). The number of carbonyl (C=O) groups is 1. The Morgan fingerprint density at radius 2 is 2.00 bits per heavy atom. The van der Waals surface area contributed by atoms with Crippen LogP contribution in [0.4, 0.5) is 5.95 Å².